The Kier molecular flexibility index (Phi) is 7.95. The number of ether oxygens (including phenoxy) is 1. The zero-order chi connectivity index (χ0) is 14.8. The number of amides is 1. The smallest absolute Gasteiger partial charge is 0.330 e. The minimum Gasteiger partial charge on any atom is -0.462 e. The van der Waals surface area contributed by atoms with E-state index >= 15 is 0 Å². The molecule has 1 saturated heterocycles. The summed E-state index contributed by atoms with van der Waals surface area (Å²) in [6, 6.07) is 0. The van der Waals surface area contributed by atoms with Gasteiger partial charge in [0.2, 0.25) is 5.91 Å². The zero-order valence-electron chi connectivity index (χ0n) is 12.2. The van der Waals surface area contributed by atoms with Crippen molar-refractivity contribution in [1.82, 2.24) is 4.90 Å². The summed E-state index contributed by atoms with van der Waals surface area (Å²) in [6.45, 7) is 5.85. The number of hydrogen-bond acceptors (Lipinski definition) is 4. The summed E-state index contributed by atoms with van der Waals surface area (Å²) < 4.78 is 4.84. The fourth-order valence-corrected chi connectivity index (χ4v) is 2.56. The van der Waals surface area contributed by atoms with E-state index in [1.54, 1.807) is 0 Å². The molecule has 0 aliphatic carbocycles. The predicted molar refractivity (Wildman–Crippen MR) is 78.0 cm³/mol. The van der Waals surface area contributed by atoms with Gasteiger partial charge in [-0.25, -0.2) is 4.79 Å². The Hall–Kier alpha value is -1.36. The van der Waals surface area contributed by atoms with Crippen LogP contribution in [0.15, 0.2) is 12.7 Å². The van der Waals surface area contributed by atoms with E-state index in [9.17, 15) is 9.59 Å². The topological polar surface area (TPSA) is 72.6 Å². The van der Waals surface area contributed by atoms with Gasteiger partial charge >= 0.3 is 5.97 Å². The van der Waals surface area contributed by atoms with Gasteiger partial charge in [-0.3, -0.25) is 4.79 Å². The summed E-state index contributed by atoms with van der Waals surface area (Å²) >= 11 is 0. The fraction of sp³-hybridized carbons (Fsp3) is 0.733. The van der Waals surface area contributed by atoms with E-state index in [0.717, 1.165) is 51.4 Å². The second kappa shape index (κ2) is 9.53. The minimum absolute atomic E-state index is 0.0744. The number of unbranched alkanes of at least 4 members (excludes halogenated alkanes) is 1. The SMILES string of the molecule is C=CC(=O)OCCC(=O)N1CCCC(CCCCN)C1. The molecule has 1 heterocycles. The number of nitrogens with zero attached hydrogens (tertiary/aromatic N) is 1. The first kappa shape index (κ1) is 16.7. The van der Waals surface area contributed by atoms with Crippen molar-refractivity contribution in [2.75, 3.05) is 26.2 Å². The van der Waals surface area contributed by atoms with E-state index in [1.807, 2.05) is 4.90 Å². The highest BCUT2D eigenvalue weighted by Crippen LogP contribution is 2.22. The number of piperidine rings is 1. The summed E-state index contributed by atoms with van der Waals surface area (Å²) in [5.74, 6) is 0.191. The molecule has 1 aliphatic heterocycles. The molecule has 1 aliphatic rings. The van der Waals surface area contributed by atoms with Gasteiger partial charge in [0.25, 0.3) is 0 Å². The van der Waals surface area contributed by atoms with Crippen LogP contribution in [0.3, 0.4) is 0 Å². The number of hydrogen-bond donors (Lipinski definition) is 1. The van der Waals surface area contributed by atoms with E-state index in [4.69, 9.17) is 10.5 Å². The van der Waals surface area contributed by atoms with Crippen molar-refractivity contribution in [2.24, 2.45) is 11.7 Å². The van der Waals surface area contributed by atoms with Crippen LogP contribution in [0.2, 0.25) is 0 Å². The van der Waals surface area contributed by atoms with Crippen molar-refractivity contribution in [3.63, 3.8) is 0 Å². The van der Waals surface area contributed by atoms with Gasteiger partial charge in [-0.15, -0.1) is 0 Å². The molecule has 1 unspecified atom stereocenters. The van der Waals surface area contributed by atoms with Crippen molar-refractivity contribution in [2.45, 2.75) is 38.5 Å². The molecule has 0 aromatic heterocycles. The normalized spacial score (nSPS) is 18.6. The van der Waals surface area contributed by atoms with Crippen molar-refractivity contribution in [3.8, 4) is 0 Å². The second-order valence-corrected chi connectivity index (χ2v) is 5.25. The molecule has 20 heavy (non-hydrogen) atoms. The van der Waals surface area contributed by atoms with Gasteiger partial charge in [-0.05, 0) is 38.1 Å². The summed E-state index contributed by atoms with van der Waals surface area (Å²) in [7, 11) is 0. The Labute approximate surface area is 121 Å². The summed E-state index contributed by atoms with van der Waals surface area (Å²) in [4.78, 5) is 24.8. The molecule has 1 fully saturated rings. The maximum atomic E-state index is 12.0. The van der Waals surface area contributed by atoms with E-state index in [-0.39, 0.29) is 18.9 Å². The average Bonchev–Trinajstić information content (AvgIpc) is 2.47. The third kappa shape index (κ3) is 6.19. The molecule has 0 saturated carbocycles. The Morgan fingerprint density at radius 1 is 1.40 bits per heavy atom. The molecule has 0 aromatic rings. The molecule has 0 bridgehead atoms. The number of carbonyl (C=O) groups is 2. The Bertz CT molecular complexity index is 331. The van der Waals surface area contributed by atoms with Crippen molar-refractivity contribution >= 4 is 11.9 Å². The zero-order valence-corrected chi connectivity index (χ0v) is 12.2. The van der Waals surface area contributed by atoms with Gasteiger partial charge in [-0.1, -0.05) is 13.0 Å². The molecule has 5 nitrogen and oxygen atoms in total. The maximum Gasteiger partial charge on any atom is 0.330 e. The molecule has 0 spiro atoms. The van der Waals surface area contributed by atoms with Crippen LogP contribution in [-0.2, 0) is 14.3 Å². The van der Waals surface area contributed by atoms with Gasteiger partial charge < -0.3 is 15.4 Å². The van der Waals surface area contributed by atoms with Gasteiger partial charge in [0.1, 0.15) is 6.61 Å². The van der Waals surface area contributed by atoms with Crippen LogP contribution in [0.25, 0.3) is 0 Å². The Morgan fingerprint density at radius 2 is 2.20 bits per heavy atom. The third-order valence-corrected chi connectivity index (χ3v) is 3.67. The highest BCUT2D eigenvalue weighted by Gasteiger charge is 2.23. The lowest BCUT2D eigenvalue weighted by Gasteiger charge is -2.33. The lowest BCUT2D eigenvalue weighted by Crippen LogP contribution is -2.40. The van der Waals surface area contributed by atoms with Gasteiger partial charge in [0.15, 0.2) is 0 Å². The molecule has 5 heteroatoms. The number of rotatable bonds is 8. The van der Waals surface area contributed by atoms with E-state index in [2.05, 4.69) is 6.58 Å². The molecule has 1 atom stereocenters. The van der Waals surface area contributed by atoms with Crippen LogP contribution < -0.4 is 5.73 Å². The van der Waals surface area contributed by atoms with E-state index < -0.39 is 5.97 Å². The van der Waals surface area contributed by atoms with Crippen molar-refractivity contribution in [1.29, 1.82) is 0 Å². The largest absolute Gasteiger partial charge is 0.462 e. The lowest BCUT2D eigenvalue weighted by atomic mass is 9.92. The second-order valence-electron chi connectivity index (χ2n) is 5.25. The lowest BCUT2D eigenvalue weighted by molar-refractivity contribution is -0.141. The average molecular weight is 282 g/mol. The first-order valence-electron chi connectivity index (χ1n) is 7.44. The molecular weight excluding hydrogens is 256 g/mol. The molecule has 2 N–H and O–H groups in total. The Morgan fingerprint density at radius 3 is 2.90 bits per heavy atom. The fourth-order valence-electron chi connectivity index (χ4n) is 2.56. The van der Waals surface area contributed by atoms with Crippen molar-refractivity contribution < 1.29 is 14.3 Å². The first-order valence-corrected chi connectivity index (χ1v) is 7.44. The number of esters is 1. The van der Waals surface area contributed by atoms with Crippen LogP contribution in [-0.4, -0.2) is 43.0 Å². The third-order valence-electron chi connectivity index (χ3n) is 3.67. The van der Waals surface area contributed by atoms with E-state index in [1.165, 1.54) is 6.42 Å². The molecule has 1 amide bonds. The van der Waals surface area contributed by atoms with Crippen LogP contribution in [0, 0.1) is 5.92 Å². The Balaban J connectivity index is 2.25. The van der Waals surface area contributed by atoms with Crippen LogP contribution in [0.4, 0.5) is 0 Å². The molecule has 0 radical (unpaired) electrons. The molecular formula is C15H26N2O3. The van der Waals surface area contributed by atoms with Gasteiger partial charge in [0.05, 0.1) is 6.42 Å². The van der Waals surface area contributed by atoms with Crippen LogP contribution in [0.5, 0.6) is 0 Å². The maximum absolute atomic E-state index is 12.0. The quantitative estimate of drug-likeness (QED) is 0.416. The highest BCUT2D eigenvalue weighted by atomic mass is 16.5. The first-order chi connectivity index (χ1) is 9.67. The number of carbonyl (C=O) groups excluding carboxylic acids is 2. The predicted octanol–water partition coefficient (Wildman–Crippen LogP) is 1.47. The summed E-state index contributed by atoms with van der Waals surface area (Å²) in [5.41, 5.74) is 5.50. The minimum atomic E-state index is -0.476. The highest BCUT2D eigenvalue weighted by molar-refractivity contribution is 5.82. The summed E-state index contributed by atoms with van der Waals surface area (Å²) in [5, 5.41) is 0. The number of nitrogens with two attached hydrogens (primary N) is 1. The van der Waals surface area contributed by atoms with Crippen LogP contribution >= 0.6 is 0 Å². The standard InChI is InChI=1S/C15H26N2O3/c1-2-15(19)20-11-8-14(18)17-10-5-7-13(12-17)6-3-4-9-16/h2,13H,1,3-12,16H2. The monoisotopic (exact) mass is 282 g/mol. The summed E-state index contributed by atoms with van der Waals surface area (Å²) in [6.07, 6.45) is 6.97. The molecule has 114 valence electrons. The van der Waals surface area contributed by atoms with Gasteiger partial charge in [-0.2, -0.15) is 0 Å². The van der Waals surface area contributed by atoms with Gasteiger partial charge in [0, 0.05) is 19.2 Å². The van der Waals surface area contributed by atoms with E-state index in [0.29, 0.717) is 5.92 Å². The van der Waals surface area contributed by atoms with Crippen LogP contribution in [0.1, 0.15) is 38.5 Å². The molecule has 1 rings (SSSR count). The number of likely N-dealkylation sites (tertiary alicyclic amines) is 1. The van der Waals surface area contributed by atoms with Crippen molar-refractivity contribution in [3.05, 3.63) is 12.7 Å². The molecule has 0 aromatic carbocycles.